The second-order valence-electron chi connectivity index (χ2n) is 5.47. The highest BCUT2D eigenvalue weighted by Gasteiger charge is 2.14. The van der Waals surface area contributed by atoms with Gasteiger partial charge in [0, 0.05) is 19.6 Å². The smallest absolute Gasteiger partial charge is 0.350 e. The Balaban J connectivity index is 2.07. The number of likely N-dealkylation sites (N-methyl/N-ethyl adjacent to an activating group) is 1. The van der Waals surface area contributed by atoms with E-state index in [1.807, 2.05) is 19.0 Å². The van der Waals surface area contributed by atoms with Crippen LogP contribution in [0.5, 0.6) is 0 Å². The summed E-state index contributed by atoms with van der Waals surface area (Å²) >= 11 is 0. The summed E-state index contributed by atoms with van der Waals surface area (Å²) in [5.74, 6) is 0.668. The van der Waals surface area contributed by atoms with E-state index >= 15 is 0 Å². The molecule has 0 aromatic carbocycles. The summed E-state index contributed by atoms with van der Waals surface area (Å²) in [6, 6.07) is 0. The van der Waals surface area contributed by atoms with E-state index in [0.29, 0.717) is 30.1 Å². The minimum absolute atomic E-state index is 0.115. The molecule has 0 saturated carbocycles. The zero-order valence-electron chi connectivity index (χ0n) is 13.6. The first-order valence-electron chi connectivity index (χ1n) is 7.25. The van der Waals surface area contributed by atoms with Gasteiger partial charge in [0.1, 0.15) is 6.35 Å². The van der Waals surface area contributed by atoms with Gasteiger partial charge >= 0.3 is 7.60 Å². The van der Waals surface area contributed by atoms with E-state index in [2.05, 4.69) is 20.3 Å². The Morgan fingerprint density at radius 3 is 2.83 bits per heavy atom. The van der Waals surface area contributed by atoms with Gasteiger partial charge in [0.15, 0.2) is 17.0 Å². The molecule has 0 atom stereocenters. The third kappa shape index (κ3) is 5.39. The molecule has 11 nitrogen and oxygen atoms in total. The first-order valence-corrected chi connectivity index (χ1v) is 9.05. The lowest BCUT2D eigenvalue weighted by atomic mass is 10.4. The first kappa shape index (κ1) is 18.6. The number of hydrogen-bond acceptors (Lipinski definition) is 8. The number of fused-ring (bicyclic) bond motifs is 1. The molecule has 0 radical (unpaired) electrons. The summed E-state index contributed by atoms with van der Waals surface area (Å²) < 4.78 is 17.4. The molecule has 2 aromatic rings. The molecule has 12 heteroatoms. The van der Waals surface area contributed by atoms with Gasteiger partial charge < -0.3 is 35.0 Å². The second kappa shape index (κ2) is 7.86. The molecule has 0 aliphatic carbocycles. The van der Waals surface area contributed by atoms with Crippen LogP contribution in [-0.4, -0.2) is 74.3 Å². The van der Waals surface area contributed by atoms with Gasteiger partial charge in [0.25, 0.3) is 0 Å². The van der Waals surface area contributed by atoms with Crippen LogP contribution in [0.2, 0.25) is 0 Å². The quantitative estimate of drug-likeness (QED) is 0.342. The van der Waals surface area contributed by atoms with Crippen LogP contribution < -0.4 is 11.1 Å². The largest absolute Gasteiger partial charge is 0.368 e. The van der Waals surface area contributed by atoms with Crippen LogP contribution in [0.4, 0.5) is 11.8 Å². The predicted molar refractivity (Wildman–Crippen MR) is 89.6 cm³/mol. The summed E-state index contributed by atoms with van der Waals surface area (Å²) in [4.78, 5) is 32.2. The zero-order valence-corrected chi connectivity index (χ0v) is 14.5. The number of anilines is 2. The van der Waals surface area contributed by atoms with Crippen molar-refractivity contribution >= 4 is 30.5 Å². The summed E-state index contributed by atoms with van der Waals surface area (Å²) in [6.07, 6.45) is 0.949. The lowest BCUT2D eigenvalue weighted by molar-refractivity contribution is 0.149. The molecular formula is C12H22N7O4P. The number of nitrogens with zero attached hydrogens (tertiary/aromatic N) is 5. The molecule has 0 bridgehead atoms. The molecular weight excluding hydrogens is 337 g/mol. The van der Waals surface area contributed by atoms with Crippen LogP contribution in [0.25, 0.3) is 11.2 Å². The molecule has 0 fully saturated rings. The maximum atomic E-state index is 10.7. The fraction of sp³-hybridized carbons (Fsp3) is 0.583. The molecule has 0 unspecified atom stereocenters. The van der Waals surface area contributed by atoms with Gasteiger partial charge in [0.05, 0.1) is 12.9 Å². The Morgan fingerprint density at radius 1 is 1.42 bits per heavy atom. The Hall–Kier alpha value is -1.78. The van der Waals surface area contributed by atoms with Crippen LogP contribution in [0.3, 0.4) is 0 Å². The van der Waals surface area contributed by atoms with Gasteiger partial charge in [-0.1, -0.05) is 0 Å². The molecule has 2 rings (SSSR count). The average molecular weight is 359 g/mol. The maximum absolute atomic E-state index is 10.7. The van der Waals surface area contributed by atoms with E-state index in [9.17, 15) is 4.57 Å². The molecule has 0 aliphatic heterocycles. The van der Waals surface area contributed by atoms with Crippen molar-refractivity contribution in [2.24, 2.45) is 0 Å². The number of hydrogen-bond donors (Lipinski definition) is 4. The number of nitrogens with one attached hydrogen (secondary N) is 1. The minimum Gasteiger partial charge on any atom is -0.368 e. The molecule has 0 saturated heterocycles. The monoisotopic (exact) mass is 359 g/mol. The molecule has 5 N–H and O–H groups in total. The van der Waals surface area contributed by atoms with Crippen molar-refractivity contribution < 1.29 is 19.1 Å². The third-order valence-electron chi connectivity index (χ3n) is 3.07. The number of ether oxygens (including phenoxy) is 1. The Kier molecular flexibility index (Phi) is 6.08. The zero-order chi connectivity index (χ0) is 17.7. The third-order valence-corrected chi connectivity index (χ3v) is 3.59. The predicted octanol–water partition coefficient (Wildman–Crippen LogP) is -0.466. The van der Waals surface area contributed by atoms with Crippen molar-refractivity contribution in [3.63, 3.8) is 0 Å². The molecule has 0 aliphatic rings. The summed E-state index contributed by atoms with van der Waals surface area (Å²) in [5, 5.41) is 3.18. The Morgan fingerprint density at radius 2 is 2.17 bits per heavy atom. The lowest BCUT2D eigenvalue weighted by Crippen LogP contribution is -2.21. The van der Waals surface area contributed by atoms with E-state index in [-0.39, 0.29) is 12.6 Å². The number of aromatic nitrogens is 4. The van der Waals surface area contributed by atoms with Crippen LogP contribution in [-0.2, 0) is 15.8 Å². The SMILES string of the molecule is CN(C)CCNc1nc(N)nc2c1ncn2CCOCP(=O)(O)O. The first-order chi connectivity index (χ1) is 11.3. The summed E-state index contributed by atoms with van der Waals surface area (Å²) in [7, 11) is -0.223. The van der Waals surface area contributed by atoms with Crippen LogP contribution >= 0.6 is 7.60 Å². The fourth-order valence-corrected chi connectivity index (χ4v) is 2.36. The van der Waals surface area contributed by atoms with E-state index < -0.39 is 13.9 Å². The van der Waals surface area contributed by atoms with E-state index in [1.54, 1.807) is 10.9 Å². The molecule has 2 aromatic heterocycles. The fourth-order valence-electron chi connectivity index (χ4n) is 1.99. The second-order valence-corrected chi connectivity index (χ2v) is 7.06. The Labute approximate surface area is 139 Å². The highest BCUT2D eigenvalue weighted by Crippen LogP contribution is 2.33. The van der Waals surface area contributed by atoms with Gasteiger partial charge in [0.2, 0.25) is 5.95 Å². The normalized spacial score (nSPS) is 12.2. The minimum atomic E-state index is -4.16. The number of nitrogen functional groups attached to an aromatic ring is 1. The number of imidazole rings is 1. The molecule has 0 spiro atoms. The van der Waals surface area contributed by atoms with Crippen molar-refractivity contribution in [2.75, 3.05) is 51.2 Å². The van der Waals surface area contributed by atoms with Crippen molar-refractivity contribution in [1.82, 2.24) is 24.4 Å². The van der Waals surface area contributed by atoms with E-state index in [1.165, 1.54) is 0 Å². The average Bonchev–Trinajstić information content (AvgIpc) is 2.85. The van der Waals surface area contributed by atoms with E-state index in [0.717, 1.165) is 6.54 Å². The topological polar surface area (TPSA) is 152 Å². The molecule has 0 amide bonds. The van der Waals surface area contributed by atoms with Gasteiger partial charge in [-0.2, -0.15) is 9.97 Å². The van der Waals surface area contributed by atoms with Crippen LogP contribution in [0.1, 0.15) is 0 Å². The number of nitrogens with two attached hydrogens (primary N) is 1. The van der Waals surface area contributed by atoms with Crippen LogP contribution in [0, 0.1) is 0 Å². The van der Waals surface area contributed by atoms with Gasteiger partial charge in [-0.15, -0.1) is 0 Å². The molecule has 134 valence electrons. The highest BCUT2D eigenvalue weighted by molar-refractivity contribution is 7.51. The van der Waals surface area contributed by atoms with Crippen molar-refractivity contribution in [3.05, 3.63) is 6.33 Å². The lowest BCUT2D eigenvalue weighted by Gasteiger charge is -2.11. The molecule has 2 heterocycles. The van der Waals surface area contributed by atoms with Gasteiger partial charge in [-0.05, 0) is 14.1 Å². The van der Waals surface area contributed by atoms with E-state index in [4.69, 9.17) is 20.3 Å². The Bertz CT molecular complexity index is 730. The van der Waals surface area contributed by atoms with Gasteiger partial charge in [-0.3, -0.25) is 4.57 Å². The summed E-state index contributed by atoms with van der Waals surface area (Å²) in [5.41, 5.74) is 6.87. The highest BCUT2D eigenvalue weighted by atomic mass is 31.2. The standard InChI is InChI=1S/C12H22N7O4P/c1-18(2)4-3-14-10-9-11(17-12(13)16-10)19(7-15-9)5-6-23-8-24(20,21)22/h7H,3-6,8H2,1-2H3,(H2,20,21,22)(H3,13,14,16,17). The van der Waals surface area contributed by atoms with Crippen LogP contribution in [0.15, 0.2) is 6.33 Å². The maximum Gasteiger partial charge on any atom is 0.350 e. The van der Waals surface area contributed by atoms with Crippen molar-refractivity contribution in [1.29, 1.82) is 0 Å². The van der Waals surface area contributed by atoms with Gasteiger partial charge in [-0.25, -0.2) is 4.98 Å². The van der Waals surface area contributed by atoms with Crippen molar-refractivity contribution in [3.8, 4) is 0 Å². The summed E-state index contributed by atoms with van der Waals surface area (Å²) in [6.45, 7) is 1.95. The molecule has 24 heavy (non-hydrogen) atoms. The van der Waals surface area contributed by atoms with Crippen molar-refractivity contribution in [2.45, 2.75) is 6.54 Å². The number of rotatable bonds is 9.